The summed E-state index contributed by atoms with van der Waals surface area (Å²) in [6.07, 6.45) is -19.1. The molecular weight excluding hydrogens is 460 g/mol. The van der Waals surface area contributed by atoms with Gasteiger partial charge in [0.2, 0.25) is 5.83 Å². The fraction of sp³-hybridized carbons (Fsp3) is 0.333. The van der Waals surface area contributed by atoms with Gasteiger partial charge in [0.25, 0.3) is 5.54 Å². The van der Waals surface area contributed by atoms with Crippen molar-refractivity contribution >= 4 is 28.6 Å². The molecule has 1 aromatic carbocycles. The molecule has 2 N–H and O–H groups in total. The van der Waals surface area contributed by atoms with Crippen molar-refractivity contribution in [3.8, 4) is 0 Å². The molecule has 4 nitrogen and oxygen atoms in total. The minimum atomic E-state index is -6.49. The van der Waals surface area contributed by atoms with Gasteiger partial charge in [-0.05, 0) is 19.1 Å². The van der Waals surface area contributed by atoms with Gasteiger partial charge in [-0.3, -0.25) is 5.32 Å². The van der Waals surface area contributed by atoms with Crippen LogP contribution in [0.3, 0.4) is 0 Å². The molecule has 15 heteroatoms. The van der Waals surface area contributed by atoms with E-state index in [1.807, 2.05) is 5.32 Å². The number of carbonyl (C=O) groups excluding carboxylic acids is 1. The number of rotatable bonds is 1. The summed E-state index contributed by atoms with van der Waals surface area (Å²) in [5.74, 6) is -3.62. The number of amides is 2. The lowest BCUT2D eigenvalue weighted by atomic mass is 9.97. The third-order valence-electron chi connectivity index (χ3n) is 3.60. The Morgan fingerprint density at radius 1 is 0.933 bits per heavy atom. The highest BCUT2D eigenvalue weighted by atomic mass is 32.2. The number of aryl methyl sites for hydroxylation is 1. The molecule has 0 atom stereocenters. The summed E-state index contributed by atoms with van der Waals surface area (Å²) >= 11 is -0.930. The van der Waals surface area contributed by atoms with Crippen molar-refractivity contribution in [2.45, 2.75) is 31.0 Å². The first-order valence-electron chi connectivity index (χ1n) is 7.52. The average Bonchev–Trinajstić information content (AvgIpc) is 2.95. The van der Waals surface area contributed by atoms with Gasteiger partial charge in [-0.25, -0.2) is 14.2 Å². The highest BCUT2D eigenvalue weighted by molar-refractivity contribution is 8.17. The van der Waals surface area contributed by atoms with Gasteiger partial charge in [-0.2, -0.15) is 39.5 Å². The molecular formula is C15H9F10N3OS. The Hall–Kier alpha value is -2.45. The van der Waals surface area contributed by atoms with Gasteiger partial charge in [0.05, 0.1) is 4.91 Å². The summed E-state index contributed by atoms with van der Waals surface area (Å²) in [7, 11) is 0. The van der Waals surface area contributed by atoms with Crippen LogP contribution in [0.5, 0.6) is 0 Å². The lowest BCUT2D eigenvalue weighted by Gasteiger charge is -2.31. The van der Waals surface area contributed by atoms with Gasteiger partial charge in [-0.1, -0.05) is 29.5 Å². The van der Waals surface area contributed by atoms with Crippen LogP contribution in [0.1, 0.15) is 5.56 Å². The van der Waals surface area contributed by atoms with Gasteiger partial charge in [0.15, 0.2) is 5.17 Å². The van der Waals surface area contributed by atoms with Crippen LogP contribution in [-0.4, -0.2) is 35.3 Å². The summed E-state index contributed by atoms with van der Waals surface area (Å²) in [4.78, 5) is 11.3. The number of amidine groups is 1. The van der Waals surface area contributed by atoms with Crippen molar-refractivity contribution < 1.29 is 48.7 Å². The van der Waals surface area contributed by atoms with Gasteiger partial charge < -0.3 is 5.32 Å². The molecule has 1 aliphatic rings. The Balaban J connectivity index is 2.47. The summed E-state index contributed by atoms with van der Waals surface area (Å²) < 4.78 is 131. The van der Waals surface area contributed by atoms with E-state index in [0.29, 0.717) is 0 Å². The number of nitrogens with zero attached hydrogens (tertiary/aromatic N) is 1. The molecule has 0 aliphatic carbocycles. The number of carbonyl (C=O) groups is 1. The average molecular weight is 469 g/mol. The number of halogens is 10. The lowest BCUT2D eigenvalue weighted by molar-refractivity contribution is -0.280. The van der Waals surface area contributed by atoms with E-state index in [4.69, 9.17) is 0 Å². The van der Waals surface area contributed by atoms with Gasteiger partial charge in [0.1, 0.15) is 0 Å². The molecule has 1 heterocycles. The van der Waals surface area contributed by atoms with E-state index in [1.54, 1.807) is 6.92 Å². The monoisotopic (exact) mass is 469 g/mol. The highest BCUT2D eigenvalue weighted by Gasteiger charge is 2.77. The molecule has 0 aromatic heterocycles. The number of anilines is 1. The zero-order chi connectivity index (χ0) is 23.1. The van der Waals surface area contributed by atoms with Crippen LogP contribution in [0.4, 0.5) is 54.4 Å². The number of nitrogens with one attached hydrogen (secondary N) is 2. The van der Waals surface area contributed by atoms with Gasteiger partial charge in [-0.15, -0.1) is 0 Å². The summed E-state index contributed by atoms with van der Waals surface area (Å²) in [6, 6.07) is 4.29. The molecule has 0 fully saturated rings. The Morgan fingerprint density at radius 2 is 1.43 bits per heavy atom. The van der Waals surface area contributed by atoms with Crippen LogP contribution in [0.2, 0.25) is 0 Å². The van der Waals surface area contributed by atoms with Gasteiger partial charge in [0, 0.05) is 5.69 Å². The number of urea groups is 1. The predicted molar refractivity (Wildman–Crippen MR) is 87.4 cm³/mol. The SMILES string of the molecule is Cc1ccc(NC(=O)NC2=NC(C(F)(F)F)(C(F)(F)F)C(=C(F)C(F)(F)F)S2)cc1. The number of allylic oxidation sites excluding steroid dienone is 1. The van der Waals surface area contributed by atoms with E-state index in [9.17, 15) is 48.7 Å². The van der Waals surface area contributed by atoms with Crippen molar-refractivity contribution in [2.75, 3.05) is 5.32 Å². The molecule has 0 spiro atoms. The fourth-order valence-electron chi connectivity index (χ4n) is 2.22. The topological polar surface area (TPSA) is 53.5 Å². The van der Waals surface area contributed by atoms with Crippen molar-refractivity contribution in [3.05, 3.63) is 40.6 Å². The number of thioether (sulfide) groups is 1. The minimum Gasteiger partial charge on any atom is -0.308 e. The van der Waals surface area contributed by atoms with Crippen LogP contribution in [0.25, 0.3) is 0 Å². The first-order chi connectivity index (χ1) is 13.5. The molecule has 2 amide bonds. The molecule has 0 bridgehead atoms. The van der Waals surface area contributed by atoms with Crippen LogP contribution in [0, 0.1) is 6.92 Å². The summed E-state index contributed by atoms with van der Waals surface area (Å²) in [5.41, 5.74) is -4.71. The van der Waals surface area contributed by atoms with E-state index in [1.165, 1.54) is 29.6 Å². The maximum Gasteiger partial charge on any atom is 0.443 e. The molecule has 0 saturated carbocycles. The van der Waals surface area contributed by atoms with E-state index < -0.39 is 57.8 Å². The second-order valence-electron chi connectivity index (χ2n) is 5.81. The first-order valence-corrected chi connectivity index (χ1v) is 8.34. The molecule has 0 saturated heterocycles. The van der Waals surface area contributed by atoms with E-state index >= 15 is 0 Å². The van der Waals surface area contributed by atoms with E-state index in [2.05, 4.69) is 4.99 Å². The molecule has 1 aliphatic heterocycles. The maximum absolute atomic E-state index is 13.6. The maximum atomic E-state index is 13.6. The Kier molecular flexibility index (Phi) is 6.09. The molecule has 166 valence electrons. The number of benzene rings is 1. The molecule has 1 aromatic rings. The smallest absolute Gasteiger partial charge is 0.308 e. The Bertz CT molecular complexity index is 870. The molecule has 0 unspecified atom stereocenters. The number of hydrogen-bond donors (Lipinski definition) is 2. The van der Waals surface area contributed by atoms with Crippen LogP contribution >= 0.6 is 11.8 Å². The highest BCUT2D eigenvalue weighted by Crippen LogP contribution is 2.59. The quantitative estimate of drug-likeness (QED) is 0.509. The largest absolute Gasteiger partial charge is 0.443 e. The van der Waals surface area contributed by atoms with Crippen LogP contribution < -0.4 is 10.6 Å². The normalized spacial score (nSPS) is 18.7. The third kappa shape index (κ3) is 4.49. The van der Waals surface area contributed by atoms with Crippen LogP contribution in [0.15, 0.2) is 40.0 Å². The van der Waals surface area contributed by atoms with Crippen molar-refractivity contribution in [3.63, 3.8) is 0 Å². The van der Waals surface area contributed by atoms with Crippen molar-refractivity contribution in [2.24, 2.45) is 4.99 Å². The number of alkyl halides is 9. The Labute approximate surface area is 165 Å². The zero-order valence-electron chi connectivity index (χ0n) is 14.4. The molecule has 0 radical (unpaired) electrons. The summed E-state index contributed by atoms with van der Waals surface area (Å²) in [6.45, 7) is 1.69. The molecule has 2 rings (SSSR count). The number of hydrogen-bond acceptors (Lipinski definition) is 3. The minimum absolute atomic E-state index is 0.0665. The molecule has 30 heavy (non-hydrogen) atoms. The van der Waals surface area contributed by atoms with E-state index in [0.717, 1.165) is 5.56 Å². The number of aliphatic imine (C=N–C) groups is 1. The second-order valence-corrected chi connectivity index (χ2v) is 6.81. The standard InChI is InChI=1S/C15H9F10N3OS/c1-6-2-4-7(5-3-6)26-10(29)27-11-28-12(14(20,21)22,15(23,24)25)9(30-11)8(16)13(17,18)19/h2-5H,1H3,(H2,26,27,28,29). The second kappa shape index (κ2) is 7.67. The fourth-order valence-corrected chi connectivity index (χ4v) is 3.37. The van der Waals surface area contributed by atoms with E-state index in [-0.39, 0.29) is 5.69 Å². The van der Waals surface area contributed by atoms with Crippen LogP contribution in [-0.2, 0) is 0 Å². The zero-order valence-corrected chi connectivity index (χ0v) is 15.2. The lowest BCUT2D eigenvalue weighted by Crippen LogP contribution is -2.55. The summed E-state index contributed by atoms with van der Waals surface area (Å²) in [5, 5.41) is 1.98. The van der Waals surface area contributed by atoms with Crippen molar-refractivity contribution in [1.82, 2.24) is 5.32 Å². The third-order valence-corrected chi connectivity index (χ3v) is 4.66. The predicted octanol–water partition coefficient (Wildman–Crippen LogP) is 5.83. The van der Waals surface area contributed by atoms with Crippen molar-refractivity contribution in [1.29, 1.82) is 0 Å². The first kappa shape index (κ1) is 23.8. The van der Waals surface area contributed by atoms with Gasteiger partial charge >= 0.3 is 24.6 Å². The Morgan fingerprint density at radius 3 is 1.87 bits per heavy atom.